The van der Waals surface area contributed by atoms with Crippen molar-refractivity contribution in [2.75, 3.05) is 13.1 Å². The van der Waals surface area contributed by atoms with Crippen LogP contribution in [0.25, 0.3) is 0 Å². The summed E-state index contributed by atoms with van der Waals surface area (Å²) in [5.74, 6) is -1.96. The summed E-state index contributed by atoms with van der Waals surface area (Å²) in [6, 6.07) is 2.31. The molecule has 20 heavy (non-hydrogen) atoms. The number of hydrogen-bond donors (Lipinski definition) is 1. The Bertz CT molecular complexity index is 634. The van der Waals surface area contributed by atoms with Crippen LogP contribution in [-0.2, 0) is 14.8 Å². The zero-order valence-electron chi connectivity index (χ0n) is 10.9. The van der Waals surface area contributed by atoms with E-state index < -0.39 is 32.3 Å². The van der Waals surface area contributed by atoms with Gasteiger partial charge in [-0.3, -0.25) is 4.79 Å². The molecule has 0 bridgehead atoms. The van der Waals surface area contributed by atoms with Gasteiger partial charge < -0.3 is 5.11 Å². The Kier molecular flexibility index (Phi) is 3.79. The standard InChI is InChI=1S/C12H15FN2O4S/c1-2-12(11(16)17)5-7-15(8-12)20(18,19)10-9(13)4-3-6-14-10/h3-4,6H,2,5,7-8H2,1H3,(H,16,17). The van der Waals surface area contributed by atoms with E-state index in [0.29, 0.717) is 6.42 Å². The van der Waals surface area contributed by atoms with E-state index in [1.807, 2.05) is 0 Å². The molecule has 6 nitrogen and oxygen atoms in total. The van der Waals surface area contributed by atoms with E-state index in [1.54, 1.807) is 6.92 Å². The minimum Gasteiger partial charge on any atom is -0.481 e. The molecule has 2 rings (SSSR count). The van der Waals surface area contributed by atoms with Gasteiger partial charge in [0, 0.05) is 19.3 Å². The van der Waals surface area contributed by atoms with Crippen LogP contribution in [0, 0.1) is 11.2 Å². The number of hydrogen-bond acceptors (Lipinski definition) is 4. The smallest absolute Gasteiger partial charge is 0.311 e. The summed E-state index contributed by atoms with van der Waals surface area (Å²) in [4.78, 5) is 14.9. The first-order chi connectivity index (χ1) is 9.33. The molecule has 1 aliphatic heterocycles. The molecule has 0 aliphatic carbocycles. The Labute approximate surface area is 116 Å². The maximum Gasteiger partial charge on any atom is 0.311 e. The van der Waals surface area contributed by atoms with Crippen molar-refractivity contribution in [2.24, 2.45) is 5.41 Å². The molecule has 0 spiro atoms. The highest BCUT2D eigenvalue weighted by molar-refractivity contribution is 7.89. The van der Waals surface area contributed by atoms with Gasteiger partial charge in [0.15, 0.2) is 5.82 Å². The number of nitrogens with zero attached hydrogens (tertiary/aromatic N) is 2. The van der Waals surface area contributed by atoms with Crippen molar-refractivity contribution in [1.29, 1.82) is 0 Å². The van der Waals surface area contributed by atoms with Crippen molar-refractivity contribution in [3.8, 4) is 0 Å². The zero-order valence-corrected chi connectivity index (χ0v) is 11.7. The van der Waals surface area contributed by atoms with E-state index in [9.17, 15) is 22.7 Å². The van der Waals surface area contributed by atoms with E-state index in [2.05, 4.69) is 4.98 Å². The molecule has 1 N–H and O–H groups in total. The average molecular weight is 302 g/mol. The molecule has 1 aromatic rings. The monoisotopic (exact) mass is 302 g/mol. The molecular formula is C12H15FN2O4S. The number of aliphatic carboxylic acids is 1. The molecule has 1 fully saturated rings. The van der Waals surface area contributed by atoms with Gasteiger partial charge in [-0.2, -0.15) is 4.31 Å². The number of aromatic nitrogens is 1. The van der Waals surface area contributed by atoms with Crippen molar-refractivity contribution < 1.29 is 22.7 Å². The molecule has 0 aromatic carbocycles. The fourth-order valence-corrected chi connectivity index (χ4v) is 3.84. The third kappa shape index (κ3) is 2.29. The Morgan fingerprint density at radius 3 is 2.80 bits per heavy atom. The maximum absolute atomic E-state index is 13.6. The molecule has 0 saturated carbocycles. The number of carboxylic acid groups (broad SMARTS) is 1. The molecule has 0 amide bonds. The van der Waals surface area contributed by atoms with Crippen molar-refractivity contribution >= 4 is 16.0 Å². The lowest BCUT2D eigenvalue weighted by Crippen LogP contribution is -2.37. The van der Waals surface area contributed by atoms with Crippen LogP contribution >= 0.6 is 0 Å². The second-order valence-electron chi connectivity index (χ2n) is 4.82. The van der Waals surface area contributed by atoms with Gasteiger partial charge in [0.1, 0.15) is 0 Å². The van der Waals surface area contributed by atoms with Gasteiger partial charge in [0.2, 0.25) is 5.03 Å². The molecule has 1 aliphatic rings. The summed E-state index contributed by atoms with van der Waals surface area (Å²) in [6.45, 7) is 1.60. The van der Waals surface area contributed by atoms with Gasteiger partial charge in [0.05, 0.1) is 5.41 Å². The van der Waals surface area contributed by atoms with Crippen LogP contribution in [0.1, 0.15) is 19.8 Å². The maximum atomic E-state index is 13.6. The number of sulfonamides is 1. The third-order valence-electron chi connectivity index (χ3n) is 3.76. The van der Waals surface area contributed by atoms with Crippen LogP contribution < -0.4 is 0 Å². The second kappa shape index (κ2) is 5.10. The predicted molar refractivity (Wildman–Crippen MR) is 67.9 cm³/mol. The van der Waals surface area contributed by atoms with Crippen LogP contribution in [0.2, 0.25) is 0 Å². The third-order valence-corrected chi connectivity index (χ3v) is 5.54. The normalized spacial score (nSPS) is 23.9. The van der Waals surface area contributed by atoms with Crippen LogP contribution in [0.5, 0.6) is 0 Å². The molecule has 1 unspecified atom stereocenters. The number of rotatable bonds is 4. The Balaban J connectivity index is 2.35. The van der Waals surface area contributed by atoms with E-state index in [1.165, 1.54) is 12.3 Å². The minimum atomic E-state index is -4.10. The van der Waals surface area contributed by atoms with Crippen molar-refractivity contribution in [3.63, 3.8) is 0 Å². The van der Waals surface area contributed by atoms with E-state index in [4.69, 9.17) is 0 Å². The molecule has 2 heterocycles. The number of halogens is 1. The van der Waals surface area contributed by atoms with Crippen LogP contribution in [0.4, 0.5) is 4.39 Å². The Hall–Kier alpha value is -1.54. The molecular weight excluding hydrogens is 287 g/mol. The molecule has 8 heteroatoms. The molecule has 0 radical (unpaired) electrons. The first-order valence-corrected chi connectivity index (χ1v) is 7.61. The number of carboxylic acids is 1. The fourth-order valence-electron chi connectivity index (χ4n) is 2.34. The number of pyridine rings is 1. The largest absolute Gasteiger partial charge is 0.481 e. The van der Waals surface area contributed by atoms with Crippen LogP contribution in [0.3, 0.4) is 0 Å². The second-order valence-corrected chi connectivity index (χ2v) is 6.67. The fraction of sp³-hybridized carbons (Fsp3) is 0.500. The van der Waals surface area contributed by atoms with E-state index in [-0.39, 0.29) is 19.5 Å². The van der Waals surface area contributed by atoms with E-state index in [0.717, 1.165) is 10.4 Å². The highest BCUT2D eigenvalue weighted by Crippen LogP contribution is 2.36. The zero-order chi connectivity index (χ0) is 15.0. The quantitative estimate of drug-likeness (QED) is 0.899. The average Bonchev–Trinajstić information content (AvgIpc) is 2.85. The van der Waals surface area contributed by atoms with Gasteiger partial charge >= 0.3 is 5.97 Å². The lowest BCUT2D eigenvalue weighted by atomic mass is 9.85. The Morgan fingerprint density at radius 1 is 1.60 bits per heavy atom. The highest BCUT2D eigenvalue weighted by atomic mass is 32.2. The van der Waals surface area contributed by atoms with Crippen molar-refractivity contribution in [1.82, 2.24) is 9.29 Å². The van der Waals surface area contributed by atoms with Crippen molar-refractivity contribution in [2.45, 2.75) is 24.8 Å². The summed E-state index contributed by atoms with van der Waals surface area (Å²) in [7, 11) is -4.10. The molecule has 1 saturated heterocycles. The van der Waals surface area contributed by atoms with Crippen LogP contribution in [-0.4, -0.2) is 41.9 Å². The first-order valence-electron chi connectivity index (χ1n) is 6.17. The van der Waals surface area contributed by atoms with Gasteiger partial charge in [-0.25, -0.2) is 17.8 Å². The van der Waals surface area contributed by atoms with Gasteiger partial charge in [-0.15, -0.1) is 0 Å². The Morgan fingerprint density at radius 2 is 2.30 bits per heavy atom. The molecule has 1 atom stereocenters. The summed E-state index contributed by atoms with van der Waals surface area (Å²) in [6.07, 6.45) is 1.72. The summed E-state index contributed by atoms with van der Waals surface area (Å²) in [5, 5.41) is 8.61. The summed E-state index contributed by atoms with van der Waals surface area (Å²) in [5.41, 5.74) is -1.10. The van der Waals surface area contributed by atoms with Crippen molar-refractivity contribution in [3.05, 3.63) is 24.1 Å². The SMILES string of the molecule is CCC1(C(=O)O)CCN(S(=O)(=O)c2ncccc2F)C1. The molecule has 1 aromatic heterocycles. The predicted octanol–water partition coefficient (Wildman–Crippen LogP) is 1.10. The lowest BCUT2D eigenvalue weighted by molar-refractivity contribution is -0.148. The van der Waals surface area contributed by atoms with Gasteiger partial charge in [0.25, 0.3) is 10.0 Å². The first kappa shape index (κ1) is 14.9. The summed E-state index contributed by atoms with van der Waals surface area (Å²) >= 11 is 0. The topological polar surface area (TPSA) is 87.6 Å². The van der Waals surface area contributed by atoms with E-state index >= 15 is 0 Å². The van der Waals surface area contributed by atoms with Crippen LogP contribution in [0.15, 0.2) is 23.4 Å². The molecule has 110 valence electrons. The lowest BCUT2D eigenvalue weighted by Gasteiger charge is -2.22. The van der Waals surface area contributed by atoms with Gasteiger partial charge in [-0.1, -0.05) is 6.92 Å². The minimum absolute atomic E-state index is 0.0541. The van der Waals surface area contributed by atoms with Gasteiger partial charge in [-0.05, 0) is 25.0 Å². The highest BCUT2D eigenvalue weighted by Gasteiger charge is 2.47. The summed E-state index contributed by atoms with van der Waals surface area (Å²) < 4.78 is 39.2. The number of carbonyl (C=O) groups is 1.